The molecule has 0 unspecified atom stereocenters. The highest BCUT2D eigenvalue weighted by Gasteiger charge is 2.26. The van der Waals surface area contributed by atoms with Gasteiger partial charge in [0.2, 0.25) is 10.0 Å². The lowest BCUT2D eigenvalue weighted by Crippen LogP contribution is -2.27. The highest BCUT2D eigenvalue weighted by atomic mass is 32.2. The Morgan fingerprint density at radius 1 is 1.26 bits per heavy atom. The minimum Gasteiger partial charge on any atom is -0.486 e. The largest absolute Gasteiger partial charge is 0.486 e. The Labute approximate surface area is 112 Å². The molecule has 19 heavy (non-hydrogen) atoms. The predicted molar refractivity (Wildman–Crippen MR) is 71.8 cm³/mol. The minimum atomic E-state index is -3.38. The molecule has 1 aliphatic heterocycles. The highest BCUT2D eigenvalue weighted by Crippen LogP contribution is 2.22. The quantitative estimate of drug-likeness (QED) is 0.616. The Morgan fingerprint density at radius 3 is 2.37 bits per heavy atom. The lowest BCUT2D eigenvalue weighted by molar-refractivity contribution is 0.374. The first-order chi connectivity index (χ1) is 9.00. The van der Waals surface area contributed by atoms with Crippen molar-refractivity contribution in [3.63, 3.8) is 0 Å². The lowest BCUT2D eigenvalue weighted by atomic mass is 10.3. The number of hydrogen-bond acceptors (Lipinski definition) is 4. The van der Waals surface area contributed by atoms with E-state index in [2.05, 4.69) is 0 Å². The summed E-state index contributed by atoms with van der Waals surface area (Å²) in [4.78, 5) is 0.268. The van der Waals surface area contributed by atoms with Gasteiger partial charge in [-0.05, 0) is 37.1 Å². The second-order valence-electron chi connectivity index (χ2n) is 4.40. The van der Waals surface area contributed by atoms with Crippen molar-refractivity contribution >= 4 is 15.9 Å². The molecular weight excluding hydrogens is 266 g/mol. The molecule has 1 heterocycles. The zero-order valence-corrected chi connectivity index (χ0v) is 11.3. The summed E-state index contributed by atoms with van der Waals surface area (Å²) in [6.07, 6.45) is 1.83. The van der Waals surface area contributed by atoms with Gasteiger partial charge in [0.1, 0.15) is 18.2 Å². The van der Waals surface area contributed by atoms with E-state index in [0.29, 0.717) is 18.8 Å². The van der Waals surface area contributed by atoms with Crippen LogP contribution >= 0.6 is 0 Å². The molecule has 0 radical (unpaired) electrons. The van der Waals surface area contributed by atoms with Crippen molar-refractivity contribution in [3.8, 4) is 5.75 Å². The SMILES string of the molecule is N=C(N)COc1ccc(S(=O)(=O)N2CCCC2)cc1. The summed E-state index contributed by atoms with van der Waals surface area (Å²) in [5, 5.41) is 7.05. The summed E-state index contributed by atoms with van der Waals surface area (Å²) < 4.78 is 31.2. The van der Waals surface area contributed by atoms with Crippen LogP contribution in [0.1, 0.15) is 12.8 Å². The van der Waals surface area contributed by atoms with Crippen LogP contribution in [0.5, 0.6) is 5.75 Å². The average molecular weight is 283 g/mol. The molecule has 1 saturated heterocycles. The van der Waals surface area contributed by atoms with E-state index in [4.69, 9.17) is 15.9 Å². The molecular formula is C12H17N3O3S. The van der Waals surface area contributed by atoms with Gasteiger partial charge < -0.3 is 10.5 Å². The van der Waals surface area contributed by atoms with E-state index in [-0.39, 0.29) is 17.3 Å². The molecule has 0 aliphatic carbocycles. The molecule has 1 aromatic carbocycles. The van der Waals surface area contributed by atoms with E-state index in [1.807, 2.05) is 0 Å². The molecule has 2 rings (SSSR count). The van der Waals surface area contributed by atoms with Crippen LogP contribution in [0, 0.1) is 5.41 Å². The van der Waals surface area contributed by atoms with E-state index in [9.17, 15) is 8.42 Å². The van der Waals surface area contributed by atoms with Crippen molar-refractivity contribution in [1.29, 1.82) is 5.41 Å². The number of rotatable bonds is 5. The Kier molecular flexibility index (Phi) is 4.06. The van der Waals surface area contributed by atoms with Crippen molar-refractivity contribution in [2.45, 2.75) is 17.7 Å². The van der Waals surface area contributed by atoms with E-state index >= 15 is 0 Å². The summed E-state index contributed by atoms with van der Waals surface area (Å²) in [6, 6.07) is 6.18. The topological polar surface area (TPSA) is 96.5 Å². The zero-order valence-electron chi connectivity index (χ0n) is 10.5. The van der Waals surface area contributed by atoms with Gasteiger partial charge in [0, 0.05) is 13.1 Å². The van der Waals surface area contributed by atoms with Crippen LogP contribution in [0.25, 0.3) is 0 Å². The summed E-state index contributed by atoms with van der Waals surface area (Å²) in [5.74, 6) is 0.421. The summed E-state index contributed by atoms with van der Waals surface area (Å²) >= 11 is 0. The van der Waals surface area contributed by atoms with E-state index in [0.717, 1.165) is 12.8 Å². The van der Waals surface area contributed by atoms with Crippen LogP contribution in [-0.4, -0.2) is 38.3 Å². The maximum absolute atomic E-state index is 12.2. The van der Waals surface area contributed by atoms with Gasteiger partial charge in [-0.3, -0.25) is 5.41 Å². The van der Waals surface area contributed by atoms with Crippen LogP contribution in [0.15, 0.2) is 29.2 Å². The number of nitrogens with zero attached hydrogens (tertiary/aromatic N) is 1. The average Bonchev–Trinajstić information content (AvgIpc) is 2.91. The molecule has 0 aromatic heterocycles. The normalized spacial score (nSPS) is 16.4. The number of benzene rings is 1. The van der Waals surface area contributed by atoms with E-state index in [1.54, 1.807) is 12.1 Å². The maximum Gasteiger partial charge on any atom is 0.243 e. The third-order valence-electron chi connectivity index (χ3n) is 2.92. The predicted octanol–water partition coefficient (Wildman–Crippen LogP) is 0.786. The molecule has 1 aromatic rings. The smallest absolute Gasteiger partial charge is 0.243 e. The number of nitrogens with two attached hydrogens (primary N) is 1. The van der Waals surface area contributed by atoms with Crippen LogP contribution < -0.4 is 10.5 Å². The number of nitrogens with one attached hydrogen (secondary N) is 1. The number of amidine groups is 1. The van der Waals surface area contributed by atoms with Crippen molar-refractivity contribution < 1.29 is 13.2 Å². The Balaban J connectivity index is 2.11. The van der Waals surface area contributed by atoms with Crippen molar-refractivity contribution in [3.05, 3.63) is 24.3 Å². The highest BCUT2D eigenvalue weighted by molar-refractivity contribution is 7.89. The molecule has 0 amide bonds. The number of ether oxygens (including phenoxy) is 1. The lowest BCUT2D eigenvalue weighted by Gasteiger charge is -2.15. The number of sulfonamides is 1. The van der Waals surface area contributed by atoms with Gasteiger partial charge in [-0.1, -0.05) is 0 Å². The molecule has 0 saturated carbocycles. The second kappa shape index (κ2) is 5.58. The van der Waals surface area contributed by atoms with Gasteiger partial charge >= 0.3 is 0 Å². The molecule has 0 spiro atoms. The first kappa shape index (κ1) is 13.8. The molecule has 1 aliphatic rings. The number of hydrogen-bond donors (Lipinski definition) is 2. The molecule has 7 heteroatoms. The first-order valence-corrected chi connectivity index (χ1v) is 7.50. The van der Waals surface area contributed by atoms with Crippen LogP contribution in [0.2, 0.25) is 0 Å². The summed E-state index contributed by atoms with van der Waals surface area (Å²) in [5.41, 5.74) is 5.18. The Morgan fingerprint density at radius 2 is 1.84 bits per heavy atom. The molecule has 104 valence electrons. The van der Waals surface area contributed by atoms with Gasteiger partial charge in [-0.25, -0.2) is 8.42 Å². The maximum atomic E-state index is 12.2. The third-order valence-corrected chi connectivity index (χ3v) is 4.83. The van der Waals surface area contributed by atoms with Gasteiger partial charge in [0.25, 0.3) is 0 Å². The van der Waals surface area contributed by atoms with Crippen LogP contribution in [0.4, 0.5) is 0 Å². The van der Waals surface area contributed by atoms with Crippen LogP contribution in [0.3, 0.4) is 0 Å². The molecule has 6 nitrogen and oxygen atoms in total. The fourth-order valence-corrected chi connectivity index (χ4v) is 3.46. The summed E-state index contributed by atoms with van der Waals surface area (Å²) in [7, 11) is -3.38. The van der Waals surface area contributed by atoms with Gasteiger partial charge in [0.15, 0.2) is 0 Å². The molecule has 0 atom stereocenters. The van der Waals surface area contributed by atoms with E-state index < -0.39 is 10.0 Å². The van der Waals surface area contributed by atoms with Crippen molar-refractivity contribution in [1.82, 2.24) is 4.31 Å². The first-order valence-electron chi connectivity index (χ1n) is 6.06. The molecule has 0 bridgehead atoms. The third kappa shape index (κ3) is 3.24. The van der Waals surface area contributed by atoms with Crippen molar-refractivity contribution in [2.75, 3.05) is 19.7 Å². The van der Waals surface area contributed by atoms with E-state index in [1.165, 1.54) is 16.4 Å². The zero-order chi connectivity index (χ0) is 13.9. The fraction of sp³-hybridized carbons (Fsp3) is 0.417. The van der Waals surface area contributed by atoms with Gasteiger partial charge in [0.05, 0.1) is 4.90 Å². The monoisotopic (exact) mass is 283 g/mol. The van der Waals surface area contributed by atoms with Gasteiger partial charge in [-0.15, -0.1) is 0 Å². The van der Waals surface area contributed by atoms with Gasteiger partial charge in [-0.2, -0.15) is 4.31 Å². The van der Waals surface area contributed by atoms with Crippen molar-refractivity contribution in [2.24, 2.45) is 5.73 Å². The summed E-state index contributed by atoms with van der Waals surface area (Å²) in [6.45, 7) is 1.17. The Bertz CT molecular complexity index is 548. The Hall–Kier alpha value is -1.60. The van der Waals surface area contributed by atoms with Crippen LogP contribution in [-0.2, 0) is 10.0 Å². The standard InChI is InChI=1S/C12H17N3O3S/c13-12(14)9-18-10-3-5-11(6-4-10)19(16,17)15-7-1-2-8-15/h3-6H,1-2,7-9H2,(H3,13,14). The minimum absolute atomic E-state index is 0.00176. The molecule has 3 N–H and O–H groups in total. The molecule has 1 fully saturated rings. The second-order valence-corrected chi connectivity index (χ2v) is 6.33. The fourth-order valence-electron chi connectivity index (χ4n) is 1.95.